The molecule has 21 heavy (non-hydrogen) atoms. The molecule has 0 aliphatic rings. The van der Waals surface area contributed by atoms with E-state index >= 15 is 0 Å². The molecule has 0 saturated heterocycles. The van der Waals surface area contributed by atoms with Gasteiger partial charge in [-0.05, 0) is 36.4 Å². The van der Waals surface area contributed by atoms with E-state index in [0.29, 0.717) is 15.8 Å². The first-order valence-corrected chi connectivity index (χ1v) is 7.27. The summed E-state index contributed by atoms with van der Waals surface area (Å²) in [6.45, 7) is 0. The Balaban J connectivity index is 1.88. The minimum Gasteiger partial charge on any atom is -0.465 e. The van der Waals surface area contributed by atoms with Crippen LogP contribution in [0.1, 0.15) is 10.4 Å². The normalized spacial score (nSPS) is 10.6. The van der Waals surface area contributed by atoms with Crippen molar-refractivity contribution < 1.29 is 13.9 Å². The van der Waals surface area contributed by atoms with Crippen LogP contribution in [0.2, 0.25) is 4.34 Å². The van der Waals surface area contributed by atoms with Gasteiger partial charge in [-0.3, -0.25) is 0 Å². The largest absolute Gasteiger partial charge is 0.465 e. The maximum absolute atomic E-state index is 11.4. The van der Waals surface area contributed by atoms with Crippen LogP contribution in [0.4, 0.5) is 0 Å². The van der Waals surface area contributed by atoms with Crippen molar-refractivity contribution in [2.45, 2.75) is 0 Å². The molecule has 4 nitrogen and oxygen atoms in total. The van der Waals surface area contributed by atoms with E-state index in [0.717, 1.165) is 16.1 Å². The van der Waals surface area contributed by atoms with Gasteiger partial charge in [-0.25, -0.2) is 9.78 Å². The van der Waals surface area contributed by atoms with Crippen molar-refractivity contribution in [3.05, 3.63) is 52.6 Å². The molecule has 0 aliphatic heterocycles. The zero-order chi connectivity index (χ0) is 14.8. The summed E-state index contributed by atoms with van der Waals surface area (Å²) in [7, 11) is 1.35. The number of hydrogen-bond acceptors (Lipinski definition) is 5. The predicted molar refractivity (Wildman–Crippen MR) is 81.6 cm³/mol. The molecular formula is C15H10ClNO3S. The van der Waals surface area contributed by atoms with Crippen LogP contribution >= 0.6 is 22.9 Å². The molecular weight excluding hydrogens is 310 g/mol. The number of carbonyl (C=O) groups is 1. The molecule has 0 bridgehead atoms. The highest BCUT2D eigenvalue weighted by atomic mass is 35.5. The molecule has 0 aliphatic carbocycles. The number of benzene rings is 1. The summed E-state index contributed by atoms with van der Waals surface area (Å²) < 4.78 is 10.8. The van der Waals surface area contributed by atoms with Crippen LogP contribution in [0.25, 0.3) is 22.0 Å². The van der Waals surface area contributed by atoms with Crippen molar-refractivity contribution in [1.82, 2.24) is 4.98 Å². The van der Waals surface area contributed by atoms with Crippen molar-refractivity contribution >= 4 is 28.9 Å². The van der Waals surface area contributed by atoms with Crippen LogP contribution in [-0.4, -0.2) is 18.1 Å². The second-order valence-corrected chi connectivity index (χ2v) is 5.93. The molecule has 3 aromatic rings. The Kier molecular flexibility index (Phi) is 3.77. The smallest absolute Gasteiger partial charge is 0.337 e. The molecule has 0 N–H and O–H groups in total. The van der Waals surface area contributed by atoms with E-state index in [1.807, 2.05) is 12.1 Å². The molecule has 1 aromatic carbocycles. The number of nitrogens with zero attached hydrogens (tertiary/aromatic N) is 1. The molecule has 0 spiro atoms. The molecule has 0 fully saturated rings. The Morgan fingerprint density at radius 3 is 2.62 bits per heavy atom. The van der Waals surface area contributed by atoms with Crippen LogP contribution < -0.4 is 0 Å². The van der Waals surface area contributed by atoms with Crippen LogP contribution in [0, 0.1) is 0 Å². The number of aromatic nitrogens is 1. The molecule has 0 radical (unpaired) electrons. The van der Waals surface area contributed by atoms with Crippen molar-refractivity contribution in [3.8, 4) is 22.0 Å². The summed E-state index contributed by atoms with van der Waals surface area (Å²) in [5.74, 6) is 0.119. The Hall–Kier alpha value is -2.11. The number of oxazole rings is 1. The van der Waals surface area contributed by atoms with Crippen molar-refractivity contribution in [2.75, 3.05) is 7.11 Å². The Labute approximate surface area is 130 Å². The summed E-state index contributed by atoms with van der Waals surface area (Å²) in [4.78, 5) is 16.8. The minimum atomic E-state index is -0.372. The second kappa shape index (κ2) is 5.71. The third kappa shape index (κ3) is 2.84. The van der Waals surface area contributed by atoms with Gasteiger partial charge in [0.05, 0.1) is 21.9 Å². The summed E-state index contributed by atoms with van der Waals surface area (Å²) in [5.41, 5.74) is 2.01. The first-order chi connectivity index (χ1) is 10.2. The zero-order valence-electron chi connectivity index (χ0n) is 11.0. The van der Waals surface area contributed by atoms with E-state index < -0.39 is 0 Å². The standard InChI is InChI=1S/C15H10ClNO3S/c1-19-15(18)10-4-2-9(3-5-10)14-17-11(8-20-14)12-6-7-13(16)21-12/h2-8H,1H3. The van der Waals surface area contributed by atoms with Crippen molar-refractivity contribution in [1.29, 1.82) is 0 Å². The van der Waals surface area contributed by atoms with Crippen molar-refractivity contribution in [3.63, 3.8) is 0 Å². The molecule has 0 atom stereocenters. The van der Waals surface area contributed by atoms with Gasteiger partial charge < -0.3 is 9.15 Å². The quantitative estimate of drug-likeness (QED) is 0.666. The van der Waals surface area contributed by atoms with E-state index in [-0.39, 0.29) is 5.97 Å². The van der Waals surface area contributed by atoms with Gasteiger partial charge in [-0.2, -0.15) is 0 Å². The number of ether oxygens (including phenoxy) is 1. The minimum absolute atomic E-state index is 0.372. The lowest BCUT2D eigenvalue weighted by Crippen LogP contribution is -2.00. The fraction of sp³-hybridized carbons (Fsp3) is 0.0667. The average molecular weight is 320 g/mol. The SMILES string of the molecule is COC(=O)c1ccc(-c2nc(-c3ccc(Cl)s3)co2)cc1. The highest BCUT2D eigenvalue weighted by molar-refractivity contribution is 7.19. The fourth-order valence-corrected chi connectivity index (χ4v) is 2.83. The van der Waals surface area contributed by atoms with Gasteiger partial charge in [0.2, 0.25) is 5.89 Å². The number of hydrogen-bond donors (Lipinski definition) is 0. The molecule has 6 heteroatoms. The number of methoxy groups -OCH3 is 1. The van der Waals surface area contributed by atoms with E-state index in [4.69, 9.17) is 16.0 Å². The molecule has 2 aromatic heterocycles. The third-order valence-corrected chi connectivity index (χ3v) is 4.14. The van der Waals surface area contributed by atoms with E-state index in [1.165, 1.54) is 18.4 Å². The molecule has 0 amide bonds. The Morgan fingerprint density at radius 2 is 2.00 bits per heavy atom. The van der Waals surface area contributed by atoms with Gasteiger partial charge in [0, 0.05) is 5.56 Å². The van der Waals surface area contributed by atoms with Crippen molar-refractivity contribution in [2.24, 2.45) is 0 Å². The molecule has 0 saturated carbocycles. The van der Waals surface area contributed by atoms with E-state index in [1.54, 1.807) is 30.5 Å². The lowest BCUT2D eigenvalue weighted by molar-refractivity contribution is 0.0601. The predicted octanol–water partition coefficient (Wildman–Crippen LogP) is 4.51. The van der Waals surface area contributed by atoms with Gasteiger partial charge in [0.1, 0.15) is 12.0 Å². The van der Waals surface area contributed by atoms with Gasteiger partial charge >= 0.3 is 5.97 Å². The zero-order valence-corrected chi connectivity index (χ0v) is 12.6. The van der Waals surface area contributed by atoms with E-state index in [9.17, 15) is 4.79 Å². The first-order valence-electron chi connectivity index (χ1n) is 6.07. The van der Waals surface area contributed by atoms with Gasteiger partial charge in [-0.15, -0.1) is 11.3 Å². The van der Waals surface area contributed by atoms with Gasteiger partial charge in [-0.1, -0.05) is 11.6 Å². The van der Waals surface area contributed by atoms with Crippen LogP contribution in [0.3, 0.4) is 0 Å². The number of thiophene rings is 1. The number of rotatable bonds is 3. The maximum Gasteiger partial charge on any atom is 0.337 e. The topological polar surface area (TPSA) is 52.3 Å². The highest BCUT2D eigenvalue weighted by Gasteiger charge is 2.11. The summed E-state index contributed by atoms with van der Waals surface area (Å²) in [6.07, 6.45) is 1.59. The Bertz CT molecular complexity index is 776. The summed E-state index contributed by atoms with van der Waals surface area (Å²) in [6, 6.07) is 10.6. The number of esters is 1. The highest BCUT2D eigenvalue weighted by Crippen LogP contribution is 2.32. The summed E-state index contributed by atoms with van der Waals surface area (Å²) in [5, 5.41) is 0. The fourth-order valence-electron chi connectivity index (χ4n) is 1.84. The number of carbonyl (C=O) groups excluding carboxylic acids is 1. The average Bonchev–Trinajstić information content (AvgIpc) is 3.15. The number of halogens is 1. The van der Waals surface area contributed by atoms with Gasteiger partial charge in [0.25, 0.3) is 0 Å². The lowest BCUT2D eigenvalue weighted by Gasteiger charge is -1.99. The Morgan fingerprint density at radius 1 is 1.24 bits per heavy atom. The van der Waals surface area contributed by atoms with E-state index in [2.05, 4.69) is 9.72 Å². The molecule has 3 rings (SSSR count). The first kappa shape index (κ1) is 13.9. The van der Waals surface area contributed by atoms with Gasteiger partial charge in [0.15, 0.2) is 0 Å². The summed E-state index contributed by atoms with van der Waals surface area (Å²) >= 11 is 7.35. The van der Waals surface area contributed by atoms with Crippen LogP contribution in [0.5, 0.6) is 0 Å². The molecule has 0 unspecified atom stereocenters. The van der Waals surface area contributed by atoms with Crippen LogP contribution in [-0.2, 0) is 4.74 Å². The molecule has 2 heterocycles. The monoisotopic (exact) mass is 319 g/mol. The molecule has 106 valence electrons. The maximum atomic E-state index is 11.4. The third-order valence-electron chi connectivity index (χ3n) is 2.88. The lowest BCUT2D eigenvalue weighted by atomic mass is 10.1. The second-order valence-electron chi connectivity index (χ2n) is 4.21. The van der Waals surface area contributed by atoms with Crippen LogP contribution in [0.15, 0.2) is 47.1 Å².